The Morgan fingerprint density at radius 1 is 1.35 bits per heavy atom. The molecule has 1 aliphatic heterocycles. The fraction of sp³-hybridized carbons (Fsp3) is 0.500. The summed E-state index contributed by atoms with van der Waals surface area (Å²) in [6.45, 7) is 1.73. The molecule has 1 fully saturated rings. The summed E-state index contributed by atoms with van der Waals surface area (Å²) in [5.74, 6) is 2.54. The molecule has 1 aromatic heterocycles. The second kappa shape index (κ2) is 6.31. The van der Waals surface area contributed by atoms with Crippen LogP contribution in [0.15, 0.2) is 24.5 Å². The smallest absolute Gasteiger partial charge is 0.145 e. The van der Waals surface area contributed by atoms with Crippen LogP contribution >= 0.6 is 0 Å². The van der Waals surface area contributed by atoms with Gasteiger partial charge in [-0.25, -0.2) is 9.97 Å². The van der Waals surface area contributed by atoms with Crippen molar-refractivity contribution in [2.45, 2.75) is 12.8 Å². The summed E-state index contributed by atoms with van der Waals surface area (Å²) in [6.07, 6.45) is 5.00. The lowest BCUT2D eigenvalue weighted by molar-refractivity contribution is 0.418. The quantitative estimate of drug-likeness (QED) is 0.929. The minimum Gasteiger partial charge on any atom is -0.494 e. The van der Waals surface area contributed by atoms with E-state index < -0.39 is 9.73 Å². The number of nitrogens with zero attached hydrogens (tertiary/aromatic N) is 3. The van der Waals surface area contributed by atoms with Gasteiger partial charge in [-0.05, 0) is 30.9 Å². The predicted molar refractivity (Wildman–Crippen MR) is 92.7 cm³/mol. The van der Waals surface area contributed by atoms with Crippen molar-refractivity contribution in [2.24, 2.45) is 5.92 Å². The molecule has 0 radical (unpaired) electrons. The zero-order valence-corrected chi connectivity index (χ0v) is 14.3. The number of para-hydroxylation sites is 1. The van der Waals surface area contributed by atoms with E-state index in [0.29, 0.717) is 11.7 Å². The summed E-state index contributed by atoms with van der Waals surface area (Å²) in [7, 11) is -0.766. The first-order chi connectivity index (χ1) is 11.0. The molecule has 1 atom stereocenters. The summed E-state index contributed by atoms with van der Waals surface area (Å²) in [5.41, 5.74) is 0.824. The Bertz CT molecular complexity index is 799. The minimum atomic E-state index is -2.41. The van der Waals surface area contributed by atoms with Crippen LogP contribution in [-0.4, -0.2) is 46.4 Å². The first kappa shape index (κ1) is 16.0. The second-order valence-electron chi connectivity index (χ2n) is 6.16. The number of ether oxygens (including phenoxy) is 1. The summed E-state index contributed by atoms with van der Waals surface area (Å²) in [5, 5.41) is 0.991. The molecule has 1 saturated heterocycles. The molecule has 1 N–H and O–H groups in total. The van der Waals surface area contributed by atoms with Crippen molar-refractivity contribution in [3.63, 3.8) is 0 Å². The number of methoxy groups -OCH3 is 1. The van der Waals surface area contributed by atoms with Gasteiger partial charge in [0.25, 0.3) is 0 Å². The number of hydrogen-bond donors (Lipinski definition) is 1. The molecule has 0 saturated carbocycles. The van der Waals surface area contributed by atoms with Gasteiger partial charge < -0.3 is 9.64 Å². The van der Waals surface area contributed by atoms with Gasteiger partial charge >= 0.3 is 0 Å². The zero-order valence-electron chi connectivity index (χ0n) is 13.5. The largest absolute Gasteiger partial charge is 0.494 e. The van der Waals surface area contributed by atoms with Crippen LogP contribution in [-0.2, 0) is 9.73 Å². The SMILES string of the molecule is COc1cccc2c(N3CCC(C[S@@](C)(=N)=O)CC3)ncnc12. The number of benzene rings is 1. The van der Waals surface area contributed by atoms with Gasteiger partial charge in [-0.2, -0.15) is 0 Å². The Morgan fingerprint density at radius 2 is 2.09 bits per heavy atom. The van der Waals surface area contributed by atoms with E-state index in [0.717, 1.165) is 48.4 Å². The van der Waals surface area contributed by atoms with E-state index in [1.807, 2.05) is 18.2 Å². The zero-order chi connectivity index (χ0) is 16.4. The Hall–Kier alpha value is -1.89. The Balaban J connectivity index is 1.83. The first-order valence-electron chi connectivity index (χ1n) is 7.72. The molecule has 6 nitrogen and oxygen atoms in total. The maximum absolute atomic E-state index is 11.7. The molecule has 2 aromatic rings. The molecular formula is C16H22N4O2S. The lowest BCUT2D eigenvalue weighted by Crippen LogP contribution is -2.36. The molecular weight excluding hydrogens is 312 g/mol. The lowest BCUT2D eigenvalue weighted by atomic mass is 9.98. The number of piperidine rings is 1. The van der Waals surface area contributed by atoms with E-state index in [-0.39, 0.29) is 0 Å². The van der Waals surface area contributed by atoms with Crippen LogP contribution in [0.4, 0.5) is 5.82 Å². The lowest BCUT2D eigenvalue weighted by Gasteiger charge is -2.33. The number of nitrogens with one attached hydrogen (secondary N) is 1. The fourth-order valence-electron chi connectivity index (χ4n) is 3.22. The van der Waals surface area contributed by atoms with Gasteiger partial charge in [0.1, 0.15) is 23.4 Å². The monoisotopic (exact) mass is 334 g/mol. The van der Waals surface area contributed by atoms with E-state index >= 15 is 0 Å². The highest BCUT2D eigenvalue weighted by Gasteiger charge is 2.23. The summed E-state index contributed by atoms with van der Waals surface area (Å²) in [4.78, 5) is 11.1. The third kappa shape index (κ3) is 3.55. The molecule has 1 aliphatic rings. The van der Waals surface area contributed by atoms with Gasteiger partial charge in [-0.1, -0.05) is 6.07 Å². The Morgan fingerprint density at radius 3 is 2.74 bits per heavy atom. The number of fused-ring (bicyclic) bond motifs is 1. The molecule has 0 aliphatic carbocycles. The first-order valence-corrected chi connectivity index (χ1v) is 9.85. The predicted octanol–water partition coefficient (Wildman–Crippen LogP) is 2.53. The van der Waals surface area contributed by atoms with Gasteiger partial charge in [0.2, 0.25) is 0 Å². The van der Waals surface area contributed by atoms with Crippen LogP contribution < -0.4 is 9.64 Å². The third-order valence-electron chi connectivity index (χ3n) is 4.29. The molecule has 0 unspecified atom stereocenters. The molecule has 124 valence electrons. The average molecular weight is 334 g/mol. The Labute approximate surface area is 136 Å². The number of anilines is 1. The number of rotatable bonds is 4. The van der Waals surface area contributed by atoms with Crippen molar-refractivity contribution >= 4 is 26.4 Å². The van der Waals surface area contributed by atoms with Gasteiger partial charge in [0.05, 0.1) is 7.11 Å². The van der Waals surface area contributed by atoms with Crippen LogP contribution in [0.2, 0.25) is 0 Å². The van der Waals surface area contributed by atoms with Gasteiger partial charge in [0, 0.05) is 40.2 Å². The van der Waals surface area contributed by atoms with E-state index in [2.05, 4.69) is 14.9 Å². The van der Waals surface area contributed by atoms with Crippen LogP contribution in [0.1, 0.15) is 12.8 Å². The van der Waals surface area contributed by atoms with Crippen molar-refractivity contribution in [1.29, 1.82) is 4.78 Å². The molecule has 3 rings (SSSR count). The minimum absolute atomic E-state index is 0.365. The van der Waals surface area contributed by atoms with E-state index in [1.165, 1.54) is 6.26 Å². The van der Waals surface area contributed by atoms with Gasteiger partial charge in [-0.3, -0.25) is 8.99 Å². The number of aromatic nitrogens is 2. The topological polar surface area (TPSA) is 79.2 Å². The summed E-state index contributed by atoms with van der Waals surface area (Å²) >= 11 is 0. The van der Waals surface area contributed by atoms with Crippen molar-refractivity contribution in [1.82, 2.24) is 9.97 Å². The number of hydrogen-bond acceptors (Lipinski definition) is 6. The highest BCUT2D eigenvalue weighted by molar-refractivity contribution is 7.91. The fourth-order valence-corrected chi connectivity index (χ4v) is 4.46. The van der Waals surface area contributed by atoms with Crippen LogP contribution in [0.5, 0.6) is 5.75 Å². The molecule has 0 bridgehead atoms. The van der Waals surface area contributed by atoms with Crippen molar-refractivity contribution in [3.8, 4) is 5.75 Å². The standard InChI is InChI=1S/C16H22N4O2S/c1-22-14-5-3-4-13-15(14)18-11-19-16(13)20-8-6-12(7-9-20)10-23(2,17)21/h3-5,11-12,17H,6-10H2,1-2H3/t23-/m0/s1. The molecule has 0 amide bonds. The molecule has 23 heavy (non-hydrogen) atoms. The maximum atomic E-state index is 11.7. The van der Waals surface area contributed by atoms with Crippen molar-refractivity contribution in [3.05, 3.63) is 24.5 Å². The Kier molecular flexibility index (Phi) is 4.39. The normalized spacial score (nSPS) is 18.8. The summed E-state index contributed by atoms with van der Waals surface area (Å²) in [6, 6.07) is 5.87. The highest BCUT2D eigenvalue weighted by atomic mass is 32.2. The molecule has 7 heteroatoms. The van der Waals surface area contributed by atoms with Crippen LogP contribution in [0, 0.1) is 10.7 Å². The van der Waals surface area contributed by atoms with Crippen molar-refractivity contribution < 1.29 is 8.95 Å². The maximum Gasteiger partial charge on any atom is 0.145 e. The molecule has 2 heterocycles. The van der Waals surface area contributed by atoms with Gasteiger partial charge in [-0.15, -0.1) is 0 Å². The van der Waals surface area contributed by atoms with E-state index in [9.17, 15) is 4.21 Å². The summed E-state index contributed by atoms with van der Waals surface area (Å²) < 4.78 is 24.7. The van der Waals surface area contributed by atoms with E-state index in [4.69, 9.17) is 9.52 Å². The van der Waals surface area contributed by atoms with Gasteiger partial charge in [0.15, 0.2) is 0 Å². The van der Waals surface area contributed by atoms with E-state index in [1.54, 1.807) is 13.4 Å². The van der Waals surface area contributed by atoms with Crippen molar-refractivity contribution in [2.75, 3.05) is 37.1 Å². The second-order valence-corrected chi connectivity index (χ2v) is 8.50. The average Bonchev–Trinajstić information content (AvgIpc) is 2.53. The highest BCUT2D eigenvalue weighted by Crippen LogP contribution is 2.31. The molecule has 1 aromatic carbocycles. The van der Waals surface area contributed by atoms with Crippen LogP contribution in [0.25, 0.3) is 10.9 Å². The van der Waals surface area contributed by atoms with Crippen LogP contribution in [0.3, 0.4) is 0 Å². The third-order valence-corrected chi connectivity index (χ3v) is 5.40. The molecule has 0 spiro atoms.